The number of rotatable bonds is 2. The molecule has 24 heavy (non-hydrogen) atoms. The third kappa shape index (κ3) is 2.77. The van der Waals surface area contributed by atoms with Crippen molar-refractivity contribution in [3.05, 3.63) is 53.4 Å². The van der Waals surface area contributed by atoms with Gasteiger partial charge in [0.05, 0.1) is 18.1 Å². The molecular formula is C19H18N2O2S. The first-order valence-electron chi connectivity index (χ1n) is 7.98. The normalized spacial score (nSPS) is 14.9. The highest BCUT2D eigenvalue weighted by Gasteiger charge is 2.21. The summed E-state index contributed by atoms with van der Waals surface area (Å²) in [5, 5.41) is 1.10. The molecule has 4 rings (SSSR count). The Morgan fingerprint density at radius 1 is 1.08 bits per heavy atom. The van der Waals surface area contributed by atoms with Gasteiger partial charge in [-0.1, -0.05) is 24.3 Å². The van der Waals surface area contributed by atoms with Crippen LogP contribution in [0.2, 0.25) is 0 Å². The molecule has 3 aromatic rings. The SMILES string of the molecule is Nc1cccc(-c2cccc3sc(C(=O)N4CCOCC4)cc23)c1. The second kappa shape index (κ2) is 6.26. The zero-order chi connectivity index (χ0) is 16.5. The zero-order valence-corrected chi connectivity index (χ0v) is 14.0. The van der Waals surface area contributed by atoms with Crippen LogP contribution in [0.3, 0.4) is 0 Å². The van der Waals surface area contributed by atoms with E-state index >= 15 is 0 Å². The first-order valence-corrected chi connectivity index (χ1v) is 8.79. The summed E-state index contributed by atoms with van der Waals surface area (Å²) in [4.78, 5) is 15.4. The van der Waals surface area contributed by atoms with Crippen LogP contribution in [0.1, 0.15) is 9.67 Å². The second-order valence-electron chi connectivity index (χ2n) is 5.86. The van der Waals surface area contributed by atoms with E-state index in [1.54, 1.807) is 11.3 Å². The van der Waals surface area contributed by atoms with Crippen LogP contribution >= 0.6 is 11.3 Å². The average molecular weight is 338 g/mol. The van der Waals surface area contributed by atoms with Crippen molar-refractivity contribution in [3.8, 4) is 11.1 Å². The Morgan fingerprint density at radius 3 is 2.67 bits per heavy atom. The van der Waals surface area contributed by atoms with Gasteiger partial charge in [-0.3, -0.25) is 4.79 Å². The third-order valence-corrected chi connectivity index (χ3v) is 5.36. The summed E-state index contributed by atoms with van der Waals surface area (Å²) >= 11 is 1.55. The Balaban J connectivity index is 1.75. The molecule has 2 heterocycles. The molecule has 5 heteroatoms. The minimum absolute atomic E-state index is 0.0954. The fourth-order valence-electron chi connectivity index (χ4n) is 3.05. The number of nitrogen functional groups attached to an aromatic ring is 1. The predicted molar refractivity (Wildman–Crippen MR) is 98.4 cm³/mol. The van der Waals surface area contributed by atoms with E-state index in [0.29, 0.717) is 26.3 Å². The number of nitrogens with two attached hydrogens (primary N) is 1. The number of morpholine rings is 1. The van der Waals surface area contributed by atoms with Gasteiger partial charge < -0.3 is 15.4 Å². The molecule has 122 valence electrons. The number of carbonyl (C=O) groups excluding carboxylic acids is 1. The maximum Gasteiger partial charge on any atom is 0.264 e. The highest BCUT2D eigenvalue weighted by Crippen LogP contribution is 2.35. The minimum atomic E-state index is 0.0954. The van der Waals surface area contributed by atoms with E-state index in [4.69, 9.17) is 10.5 Å². The second-order valence-corrected chi connectivity index (χ2v) is 6.94. The molecule has 0 atom stereocenters. The van der Waals surface area contributed by atoms with E-state index in [1.165, 1.54) is 0 Å². The van der Waals surface area contributed by atoms with E-state index in [1.807, 2.05) is 41.3 Å². The standard InChI is InChI=1S/C19H18N2O2S/c20-14-4-1-3-13(11-14)15-5-2-6-17-16(15)12-18(24-17)19(22)21-7-9-23-10-8-21/h1-6,11-12H,7-10,20H2. The first-order chi connectivity index (χ1) is 11.7. The number of fused-ring (bicyclic) bond motifs is 1. The number of hydrogen-bond acceptors (Lipinski definition) is 4. The molecule has 0 unspecified atom stereocenters. The molecule has 0 bridgehead atoms. The van der Waals surface area contributed by atoms with Gasteiger partial charge >= 0.3 is 0 Å². The molecule has 0 spiro atoms. The van der Waals surface area contributed by atoms with E-state index in [0.717, 1.165) is 31.8 Å². The Bertz CT molecular complexity index is 897. The lowest BCUT2D eigenvalue weighted by atomic mass is 10.0. The Kier molecular flexibility index (Phi) is 3.96. The summed E-state index contributed by atoms with van der Waals surface area (Å²) in [5.74, 6) is 0.0954. The molecule has 0 aliphatic carbocycles. The van der Waals surface area contributed by atoms with Gasteiger partial charge in [0.25, 0.3) is 5.91 Å². The number of ether oxygens (including phenoxy) is 1. The van der Waals surface area contributed by atoms with Gasteiger partial charge in [0.15, 0.2) is 0 Å². The maximum atomic E-state index is 12.7. The molecule has 2 N–H and O–H groups in total. The van der Waals surface area contributed by atoms with Crippen LogP contribution in [-0.4, -0.2) is 37.1 Å². The largest absolute Gasteiger partial charge is 0.399 e. The van der Waals surface area contributed by atoms with Gasteiger partial charge in [-0.05, 0) is 35.4 Å². The summed E-state index contributed by atoms with van der Waals surface area (Å²) in [6.07, 6.45) is 0. The van der Waals surface area contributed by atoms with Crippen LogP contribution in [0.25, 0.3) is 21.2 Å². The Hall–Kier alpha value is -2.37. The highest BCUT2D eigenvalue weighted by atomic mass is 32.1. The summed E-state index contributed by atoms with van der Waals surface area (Å²) in [6.45, 7) is 2.56. The quantitative estimate of drug-likeness (QED) is 0.726. The van der Waals surface area contributed by atoms with Crippen molar-refractivity contribution in [2.24, 2.45) is 0 Å². The highest BCUT2D eigenvalue weighted by molar-refractivity contribution is 7.20. The number of thiophene rings is 1. The molecule has 0 radical (unpaired) electrons. The van der Waals surface area contributed by atoms with Gasteiger partial charge in [-0.15, -0.1) is 11.3 Å². The van der Waals surface area contributed by atoms with Crippen LogP contribution in [0.4, 0.5) is 5.69 Å². The van der Waals surface area contributed by atoms with Gasteiger partial charge in [0, 0.05) is 28.9 Å². The molecule has 1 saturated heterocycles. The van der Waals surface area contributed by atoms with E-state index in [-0.39, 0.29) is 5.91 Å². The van der Waals surface area contributed by atoms with Crippen molar-refractivity contribution < 1.29 is 9.53 Å². The Morgan fingerprint density at radius 2 is 1.88 bits per heavy atom. The molecule has 1 aliphatic rings. The lowest BCUT2D eigenvalue weighted by Crippen LogP contribution is -2.40. The number of amides is 1. The predicted octanol–water partition coefficient (Wildman–Crippen LogP) is 3.62. The fourth-order valence-corrected chi connectivity index (χ4v) is 4.10. The van der Waals surface area contributed by atoms with Crippen LogP contribution in [-0.2, 0) is 4.74 Å². The summed E-state index contributed by atoms with van der Waals surface area (Å²) < 4.78 is 6.45. The van der Waals surface area contributed by atoms with Crippen molar-refractivity contribution in [1.82, 2.24) is 4.90 Å². The summed E-state index contributed by atoms with van der Waals surface area (Å²) in [6, 6.07) is 16.0. The molecule has 0 saturated carbocycles. The first kappa shape index (κ1) is 15.2. The lowest BCUT2D eigenvalue weighted by Gasteiger charge is -2.26. The van der Waals surface area contributed by atoms with E-state index in [9.17, 15) is 4.79 Å². The zero-order valence-electron chi connectivity index (χ0n) is 13.2. The van der Waals surface area contributed by atoms with Gasteiger partial charge in [-0.2, -0.15) is 0 Å². The Labute approximate surface area is 144 Å². The average Bonchev–Trinajstić information content (AvgIpc) is 3.06. The maximum absolute atomic E-state index is 12.7. The van der Waals surface area contributed by atoms with Crippen molar-refractivity contribution in [3.63, 3.8) is 0 Å². The number of hydrogen-bond donors (Lipinski definition) is 1. The van der Waals surface area contributed by atoms with Crippen molar-refractivity contribution in [2.75, 3.05) is 32.0 Å². The van der Waals surface area contributed by atoms with Gasteiger partial charge in [-0.25, -0.2) is 0 Å². The molecule has 1 aromatic heterocycles. The number of anilines is 1. The summed E-state index contributed by atoms with van der Waals surface area (Å²) in [5.41, 5.74) is 8.84. The molecule has 2 aromatic carbocycles. The monoisotopic (exact) mass is 338 g/mol. The van der Waals surface area contributed by atoms with Crippen LogP contribution in [0, 0.1) is 0 Å². The van der Waals surface area contributed by atoms with Gasteiger partial charge in [0.1, 0.15) is 0 Å². The molecule has 1 aliphatic heterocycles. The number of benzene rings is 2. The van der Waals surface area contributed by atoms with Crippen LogP contribution < -0.4 is 5.73 Å². The topological polar surface area (TPSA) is 55.6 Å². The third-order valence-electron chi connectivity index (χ3n) is 4.27. The minimum Gasteiger partial charge on any atom is -0.399 e. The van der Waals surface area contributed by atoms with Crippen molar-refractivity contribution in [2.45, 2.75) is 0 Å². The van der Waals surface area contributed by atoms with E-state index in [2.05, 4.69) is 12.1 Å². The fraction of sp³-hybridized carbons (Fsp3) is 0.211. The van der Waals surface area contributed by atoms with Gasteiger partial charge in [0.2, 0.25) is 0 Å². The van der Waals surface area contributed by atoms with Crippen molar-refractivity contribution in [1.29, 1.82) is 0 Å². The molecule has 4 nitrogen and oxygen atoms in total. The lowest BCUT2D eigenvalue weighted by molar-refractivity contribution is 0.0306. The number of carbonyl (C=O) groups is 1. The molecule has 1 amide bonds. The van der Waals surface area contributed by atoms with Crippen LogP contribution in [0.15, 0.2) is 48.5 Å². The molecular weight excluding hydrogens is 320 g/mol. The van der Waals surface area contributed by atoms with Crippen LogP contribution in [0.5, 0.6) is 0 Å². The molecule has 1 fully saturated rings. The number of nitrogens with zero attached hydrogens (tertiary/aromatic N) is 1. The van der Waals surface area contributed by atoms with E-state index < -0.39 is 0 Å². The smallest absolute Gasteiger partial charge is 0.264 e. The van der Waals surface area contributed by atoms with Crippen molar-refractivity contribution >= 4 is 33.0 Å². The summed E-state index contributed by atoms with van der Waals surface area (Å²) in [7, 11) is 0.